The first-order chi connectivity index (χ1) is 4.18. The molecule has 0 spiro atoms. The standard InChI is InChI=1S/C6H12N2O/c1-4-5-7-6(9)8(2)3/h2,4-5H2,1,3H3/p+1. The summed E-state index contributed by atoms with van der Waals surface area (Å²) in [6.07, 6.45) is 0.958. The zero-order chi connectivity index (χ0) is 7.28. The molecule has 0 heterocycles. The number of hydrogen-bond donors (Lipinski definition) is 1. The molecular formula is C6H13N2O+. The van der Waals surface area contributed by atoms with Crippen LogP contribution in [0.4, 0.5) is 4.79 Å². The van der Waals surface area contributed by atoms with Gasteiger partial charge in [-0.3, -0.25) is 0 Å². The van der Waals surface area contributed by atoms with E-state index in [0.717, 1.165) is 13.0 Å². The molecule has 0 unspecified atom stereocenters. The van der Waals surface area contributed by atoms with E-state index in [1.54, 1.807) is 7.05 Å². The maximum absolute atomic E-state index is 10.7. The molecule has 0 bridgehead atoms. The number of urea groups is 1. The van der Waals surface area contributed by atoms with E-state index < -0.39 is 0 Å². The molecule has 0 aliphatic rings. The summed E-state index contributed by atoms with van der Waals surface area (Å²) in [5.41, 5.74) is 0. The minimum absolute atomic E-state index is 0.128. The SMILES string of the molecule is C=[N+](C)C(=O)NCCC. The fourth-order valence-corrected chi connectivity index (χ4v) is 0.367. The van der Waals surface area contributed by atoms with Gasteiger partial charge in [0.2, 0.25) is 0 Å². The molecule has 3 nitrogen and oxygen atoms in total. The molecule has 0 atom stereocenters. The van der Waals surface area contributed by atoms with E-state index in [1.165, 1.54) is 4.58 Å². The van der Waals surface area contributed by atoms with E-state index in [1.807, 2.05) is 6.92 Å². The second kappa shape index (κ2) is 4.06. The monoisotopic (exact) mass is 129 g/mol. The van der Waals surface area contributed by atoms with Gasteiger partial charge in [0.1, 0.15) is 0 Å². The summed E-state index contributed by atoms with van der Waals surface area (Å²) >= 11 is 0. The molecular weight excluding hydrogens is 116 g/mol. The van der Waals surface area contributed by atoms with Crippen molar-refractivity contribution in [3.8, 4) is 0 Å². The van der Waals surface area contributed by atoms with Crippen LogP contribution in [0.25, 0.3) is 0 Å². The van der Waals surface area contributed by atoms with Gasteiger partial charge in [-0.2, -0.15) is 4.79 Å². The predicted octanol–water partition coefficient (Wildman–Crippen LogP) is 0.449. The summed E-state index contributed by atoms with van der Waals surface area (Å²) in [5.74, 6) is 0. The van der Waals surface area contributed by atoms with Gasteiger partial charge in [-0.15, -0.1) is 0 Å². The summed E-state index contributed by atoms with van der Waals surface area (Å²) in [6, 6.07) is -0.128. The van der Waals surface area contributed by atoms with Crippen LogP contribution < -0.4 is 5.32 Å². The van der Waals surface area contributed by atoms with Gasteiger partial charge < -0.3 is 0 Å². The van der Waals surface area contributed by atoms with Gasteiger partial charge in [0.15, 0.2) is 0 Å². The average molecular weight is 129 g/mol. The molecule has 1 N–H and O–H groups in total. The second-order valence-electron chi connectivity index (χ2n) is 1.93. The van der Waals surface area contributed by atoms with Gasteiger partial charge in [-0.05, 0) is 6.42 Å². The van der Waals surface area contributed by atoms with Crippen molar-refractivity contribution >= 4 is 12.7 Å². The molecule has 0 aromatic carbocycles. The van der Waals surface area contributed by atoms with Crippen LogP contribution in [0.2, 0.25) is 0 Å². The first-order valence-corrected chi connectivity index (χ1v) is 3.00. The Hall–Kier alpha value is -0.860. The summed E-state index contributed by atoms with van der Waals surface area (Å²) < 4.78 is 1.27. The lowest BCUT2D eigenvalue weighted by Crippen LogP contribution is -2.30. The van der Waals surface area contributed by atoms with Crippen molar-refractivity contribution in [2.75, 3.05) is 13.6 Å². The van der Waals surface area contributed by atoms with E-state index in [4.69, 9.17) is 0 Å². The van der Waals surface area contributed by atoms with Gasteiger partial charge in [0.25, 0.3) is 0 Å². The van der Waals surface area contributed by atoms with Gasteiger partial charge >= 0.3 is 6.03 Å². The van der Waals surface area contributed by atoms with Crippen molar-refractivity contribution < 1.29 is 9.37 Å². The third-order valence-corrected chi connectivity index (χ3v) is 0.873. The van der Waals surface area contributed by atoms with Crippen molar-refractivity contribution in [3.63, 3.8) is 0 Å². The first kappa shape index (κ1) is 8.14. The molecule has 2 amide bonds. The zero-order valence-corrected chi connectivity index (χ0v) is 5.98. The molecule has 0 rings (SSSR count). The molecule has 3 heteroatoms. The number of amides is 2. The van der Waals surface area contributed by atoms with Crippen LogP contribution in [-0.4, -0.2) is 30.9 Å². The van der Waals surface area contributed by atoms with Crippen LogP contribution in [0.15, 0.2) is 0 Å². The number of hydrogen-bond acceptors (Lipinski definition) is 1. The Morgan fingerprint density at radius 2 is 2.33 bits per heavy atom. The lowest BCUT2D eigenvalue weighted by Gasteiger charge is -1.93. The molecule has 0 radical (unpaired) electrons. The molecule has 9 heavy (non-hydrogen) atoms. The molecule has 0 aromatic rings. The first-order valence-electron chi connectivity index (χ1n) is 3.00. The van der Waals surface area contributed by atoms with E-state index >= 15 is 0 Å². The van der Waals surface area contributed by atoms with Gasteiger partial charge in [0, 0.05) is 0 Å². The van der Waals surface area contributed by atoms with Crippen molar-refractivity contribution in [2.45, 2.75) is 13.3 Å². The van der Waals surface area contributed by atoms with Gasteiger partial charge in [-0.25, -0.2) is 9.89 Å². The smallest absolute Gasteiger partial charge is 0.238 e. The fourth-order valence-electron chi connectivity index (χ4n) is 0.367. The minimum atomic E-state index is -0.128. The van der Waals surface area contributed by atoms with Gasteiger partial charge in [-0.1, -0.05) is 6.92 Å². The summed E-state index contributed by atoms with van der Waals surface area (Å²) in [4.78, 5) is 10.7. The Bertz CT molecular complexity index is 120. The van der Waals surface area contributed by atoms with Gasteiger partial charge in [0.05, 0.1) is 20.3 Å². The highest BCUT2D eigenvalue weighted by Gasteiger charge is 2.05. The van der Waals surface area contributed by atoms with Crippen LogP contribution in [0.3, 0.4) is 0 Å². The minimum Gasteiger partial charge on any atom is -0.238 e. The number of nitrogens with one attached hydrogen (secondary N) is 1. The lowest BCUT2D eigenvalue weighted by atomic mass is 10.5. The zero-order valence-electron chi connectivity index (χ0n) is 5.98. The topological polar surface area (TPSA) is 32.1 Å². The van der Waals surface area contributed by atoms with Crippen molar-refractivity contribution in [1.82, 2.24) is 5.32 Å². The van der Waals surface area contributed by atoms with Crippen molar-refractivity contribution in [2.24, 2.45) is 0 Å². The lowest BCUT2D eigenvalue weighted by molar-refractivity contribution is -0.384. The molecule has 52 valence electrons. The van der Waals surface area contributed by atoms with Crippen LogP contribution in [0.5, 0.6) is 0 Å². The summed E-state index contributed by atoms with van der Waals surface area (Å²) in [6.45, 7) is 6.14. The maximum Gasteiger partial charge on any atom is 0.490 e. The van der Waals surface area contributed by atoms with Crippen molar-refractivity contribution in [1.29, 1.82) is 0 Å². The van der Waals surface area contributed by atoms with Crippen molar-refractivity contribution in [3.05, 3.63) is 0 Å². The quantitative estimate of drug-likeness (QED) is 0.426. The fraction of sp³-hybridized carbons (Fsp3) is 0.667. The Balaban J connectivity index is 3.39. The number of nitrogens with zero attached hydrogens (tertiary/aromatic N) is 1. The van der Waals surface area contributed by atoms with Crippen LogP contribution >= 0.6 is 0 Å². The Morgan fingerprint density at radius 1 is 1.78 bits per heavy atom. The highest BCUT2D eigenvalue weighted by molar-refractivity contribution is 5.66. The van der Waals surface area contributed by atoms with E-state index in [0.29, 0.717) is 0 Å². The Labute approximate surface area is 55.4 Å². The van der Waals surface area contributed by atoms with E-state index in [-0.39, 0.29) is 6.03 Å². The largest absolute Gasteiger partial charge is 0.490 e. The molecule has 0 aliphatic carbocycles. The van der Waals surface area contributed by atoms with E-state index in [9.17, 15) is 4.79 Å². The molecule has 0 saturated carbocycles. The van der Waals surface area contributed by atoms with Crippen LogP contribution in [-0.2, 0) is 0 Å². The van der Waals surface area contributed by atoms with Crippen LogP contribution in [0, 0.1) is 0 Å². The number of rotatable bonds is 2. The van der Waals surface area contributed by atoms with Crippen LogP contribution in [0.1, 0.15) is 13.3 Å². The summed E-state index contributed by atoms with van der Waals surface area (Å²) in [5, 5.41) is 2.66. The average Bonchev–Trinajstić information content (AvgIpc) is 1.82. The molecule has 0 aromatic heterocycles. The molecule has 0 saturated heterocycles. The molecule has 0 fully saturated rings. The number of carbonyl (C=O) groups is 1. The highest BCUT2D eigenvalue weighted by Crippen LogP contribution is 1.72. The number of carbonyl (C=O) groups excluding carboxylic acids is 1. The maximum atomic E-state index is 10.7. The Morgan fingerprint density at radius 3 is 2.67 bits per heavy atom. The molecule has 0 aliphatic heterocycles. The Kier molecular flexibility index (Phi) is 3.67. The summed E-state index contributed by atoms with van der Waals surface area (Å²) in [7, 11) is 1.62. The normalized spacial score (nSPS) is 8.67. The van der Waals surface area contributed by atoms with E-state index in [2.05, 4.69) is 12.0 Å². The third kappa shape index (κ3) is 3.70. The highest BCUT2D eigenvalue weighted by atomic mass is 16.2. The second-order valence-corrected chi connectivity index (χ2v) is 1.93. The predicted molar refractivity (Wildman–Crippen MR) is 37.0 cm³/mol. The third-order valence-electron chi connectivity index (χ3n) is 0.873.